The Bertz CT molecular complexity index is 1260. The van der Waals surface area contributed by atoms with Crippen LogP contribution in [0.3, 0.4) is 0 Å². The number of methoxy groups -OCH3 is 2. The number of nitrogens with zero attached hydrogens (tertiary/aromatic N) is 1. The lowest BCUT2D eigenvalue weighted by Crippen LogP contribution is -2.14. The normalized spacial score (nSPS) is 12.1. The smallest absolute Gasteiger partial charge is 0.229 e. The van der Waals surface area contributed by atoms with E-state index in [4.69, 9.17) is 9.47 Å². The van der Waals surface area contributed by atoms with Crippen molar-refractivity contribution in [3.8, 4) is 22.8 Å². The van der Waals surface area contributed by atoms with Gasteiger partial charge in [-0.1, -0.05) is 45.1 Å². The van der Waals surface area contributed by atoms with Gasteiger partial charge >= 0.3 is 0 Å². The standard InChI is InChI=1S/C26H30N2O4S/c1-26(2,3)23-17-20(22-8-7-15-27-25(22)32-5)16-19(24(23)31-4)12-9-18-10-13-21(14-11-18)28-33(6,29)30/h7-17,28H,1-6H3/b12-9+. The van der Waals surface area contributed by atoms with Gasteiger partial charge in [0.05, 0.1) is 20.5 Å². The first kappa shape index (κ1) is 24.3. The van der Waals surface area contributed by atoms with Crippen molar-refractivity contribution < 1.29 is 17.9 Å². The number of anilines is 1. The van der Waals surface area contributed by atoms with Gasteiger partial charge in [-0.15, -0.1) is 0 Å². The van der Waals surface area contributed by atoms with E-state index >= 15 is 0 Å². The molecule has 1 aromatic heterocycles. The van der Waals surface area contributed by atoms with Gasteiger partial charge in [-0.05, 0) is 52.9 Å². The van der Waals surface area contributed by atoms with E-state index in [0.29, 0.717) is 11.6 Å². The Morgan fingerprint density at radius 3 is 2.24 bits per heavy atom. The highest BCUT2D eigenvalue weighted by atomic mass is 32.2. The molecule has 0 unspecified atom stereocenters. The van der Waals surface area contributed by atoms with Crippen LogP contribution in [0.4, 0.5) is 5.69 Å². The maximum atomic E-state index is 11.4. The topological polar surface area (TPSA) is 77.5 Å². The van der Waals surface area contributed by atoms with Crippen molar-refractivity contribution in [3.05, 3.63) is 71.4 Å². The molecule has 1 heterocycles. The predicted molar refractivity (Wildman–Crippen MR) is 135 cm³/mol. The first-order chi connectivity index (χ1) is 15.5. The van der Waals surface area contributed by atoms with Gasteiger partial charge in [0.25, 0.3) is 0 Å². The van der Waals surface area contributed by atoms with E-state index in [1.165, 1.54) is 0 Å². The molecule has 0 saturated heterocycles. The van der Waals surface area contributed by atoms with Crippen LogP contribution in [0, 0.1) is 0 Å². The zero-order valence-electron chi connectivity index (χ0n) is 19.8. The summed E-state index contributed by atoms with van der Waals surface area (Å²) in [5.74, 6) is 1.37. The second-order valence-electron chi connectivity index (χ2n) is 8.79. The third-order valence-corrected chi connectivity index (χ3v) is 5.68. The quantitative estimate of drug-likeness (QED) is 0.458. The zero-order valence-corrected chi connectivity index (χ0v) is 20.7. The molecule has 3 aromatic rings. The molecule has 0 fully saturated rings. The maximum Gasteiger partial charge on any atom is 0.229 e. The summed E-state index contributed by atoms with van der Waals surface area (Å²) in [6, 6.07) is 15.2. The Balaban J connectivity index is 2.08. The minimum atomic E-state index is -3.31. The molecule has 0 radical (unpaired) electrons. The molecule has 33 heavy (non-hydrogen) atoms. The monoisotopic (exact) mass is 466 g/mol. The molecule has 1 N–H and O–H groups in total. The molecule has 174 valence electrons. The summed E-state index contributed by atoms with van der Waals surface area (Å²) < 4.78 is 36.6. The number of hydrogen-bond acceptors (Lipinski definition) is 5. The molecule has 0 aliphatic heterocycles. The number of pyridine rings is 1. The average molecular weight is 467 g/mol. The molecule has 0 bridgehead atoms. The van der Waals surface area contributed by atoms with Crippen molar-refractivity contribution in [2.24, 2.45) is 0 Å². The Hall–Kier alpha value is -3.32. The minimum absolute atomic E-state index is 0.154. The summed E-state index contributed by atoms with van der Waals surface area (Å²) in [6.07, 6.45) is 6.81. The molecule has 0 amide bonds. The van der Waals surface area contributed by atoms with Crippen molar-refractivity contribution >= 4 is 27.9 Å². The third kappa shape index (κ3) is 6.14. The van der Waals surface area contributed by atoms with E-state index in [0.717, 1.165) is 39.8 Å². The summed E-state index contributed by atoms with van der Waals surface area (Å²) >= 11 is 0. The number of sulfonamides is 1. The van der Waals surface area contributed by atoms with Crippen LogP contribution in [-0.4, -0.2) is 33.9 Å². The lowest BCUT2D eigenvalue weighted by Gasteiger charge is -2.25. The second kappa shape index (κ2) is 9.67. The molecule has 0 spiro atoms. The van der Waals surface area contributed by atoms with E-state index in [2.05, 4.69) is 42.6 Å². The van der Waals surface area contributed by atoms with Gasteiger partial charge < -0.3 is 9.47 Å². The van der Waals surface area contributed by atoms with Gasteiger partial charge in [-0.25, -0.2) is 13.4 Å². The van der Waals surface area contributed by atoms with Crippen LogP contribution in [0.2, 0.25) is 0 Å². The summed E-state index contributed by atoms with van der Waals surface area (Å²) in [5, 5.41) is 0. The molecule has 6 nitrogen and oxygen atoms in total. The van der Waals surface area contributed by atoms with Crippen LogP contribution >= 0.6 is 0 Å². The van der Waals surface area contributed by atoms with Crippen molar-refractivity contribution in [2.45, 2.75) is 26.2 Å². The Morgan fingerprint density at radius 2 is 1.67 bits per heavy atom. The molecule has 7 heteroatoms. The van der Waals surface area contributed by atoms with E-state index < -0.39 is 10.0 Å². The van der Waals surface area contributed by atoms with E-state index in [9.17, 15) is 8.42 Å². The number of nitrogens with one attached hydrogen (secondary N) is 1. The molecular weight excluding hydrogens is 436 g/mol. The molecule has 2 aromatic carbocycles. The van der Waals surface area contributed by atoms with Gasteiger partial charge in [0.1, 0.15) is 5.75 Å². The summed E-state index contributed by atoms with van der Waals surface area (Å²) in [5.41, 5.74) is 5.17. The van der Waals surface area contributed by atoms with Crippen molar-refractivity contribution in [2.75, 3.05) is 25.2 Å². The summed E-state index contributed by atoms with van der Waals surface area (Å²) in [6.45, 7) is 6.45. The number of hydrogen-bond donors (Lipinski definition) is 1. The molecule has 0 saturated carbocycles. The van der Waals surface area contributed by atoms with Gasteiger partial charge in [0, 0.05) is 28.6 Å². The lowest BCUT2D eigenvalue weighted by molar-refractivity contribution is 0.396. The van der Waals surface area contributed by atoms with Crippen LogP contribution in [0.15, 0.2) is 54.7 Å². The lowest BCUT2D eigenvalue weighted by atomic mass is 9.83. The second-order valence-corrected chi connectivity index (χ2v) is 10.5. The number of rotatable bonds is 7. The van der Waals surface area contributed by atoms with Crippen LogP contribution < -0.4 is 14.2 Å². The number of ether oxygens (including phenoxy) is 2. The van der Waals surface area contributed by atoms with E-state index in [1.807, 2.05) is 36.4 Å². The Labute approximate surface area is 196 Å². The minimum Gasteiger partial charge on any atom is -0.496 e. The average Bonchev–Trinajstić information content (AvgIpc) is 2.76. The van der Waals surface area contributed by atoms with Gasteiger partial charge in [-0.2, -0.15) is 0 Å². The van der Waals surface area contributed by atoms with Gasteiger partial charge in [-0.3, -0.25) is 4.72 Å². The van der Waals surface area contributed by atoms with Crippen molar-refractivity contribution in [3.63, 3.8) is 0 Å². The number of aromatic nitrogens is 1. The predicted octanol–water partition coefficient (Wildman–Crippen LogP) is 5.61. The van der Waals surface area contributed by atoms with E-state index in [1.54, 1.807) is 32.5 Å². The van der Waals surface area contributed by atoms with Gasteiger partial charge in [0.2, 0.25) is 15.9 Å². The number of benzene rings is 2. The highest BCUT2D eigenvalue weighted by molar-refractivity contribution is 7.92. The summed E-state index contributed by atoms with van der Waals surface area (Å²) in [7, 11) is -0.0172. The molecular formula is C26H30N2O4S. The van der Waals surface area contributed by atoms with Crippen LogP contribution in [0.1, 0.15) is 37.5 Å². The highest BCUT2D eigenvalue weighted by Gasteiger charge is 2.23. The van der Waals surface area contributed by atoms with Crippen molar-refractivity contribution in [1.82, 2.24) is 4.98 Å². The fourth-order valence-electron chi connectivity index (χ4n) is 3.55. The highest BCUT2D eigenvalue weighted by Crippen LogP contribution is 2.40. The van der Waals surface area contributed by atoms with Gasteiger partial charge in [0.15, 0.2) is 0 Å². The SMILES string of the molecule is COc1ncccc1-c1cc(/C=C/c2ccc(NS(C)(=O)=O)cc2)c(OC)c(C(C)(C)C)c1. The molecule has 0 aliphatic rings. The fourth-order valence-corrected chi connectivity index (χ4v) is 4.12. The first-order valence-corrected chi connectivity index (χ1v) is 12.4. The zero-order chi connectivity index (χ0) is 24.2. The Kier molecular flexibility index (Phi) is 7.12. The molecule has 0 atom stereocenters. The third-order valence-electron chi connectivity index (χ3n) is 5.07. The van der Waals surface area contributed by atoms with Crippen molar-refractivity contribution in [1.29, 1.82) is 0 Å². The largest absolute Gasteiger partial charge is 0.496 e. The first-order valence-electron chi connectivity index (χ1n) is 10.5. The van der Waals surface area contributed by atoms with Crippen LogP contribution in [0.5, 0.6) is 11.6 Å². The molecule has 3 rings (SSSR count). The molecule has 0 aliphatic carbocycles. The maximum absolute atomic E-state index is 11.4. The Morgan fingerprint density at radius 1 is 0.970 bits per heavy atom. The summed E-state index contributed by atoms with van der Waals surface area (Å²) in [4.78, 5) is 4.34. The fraction of sp³-hybridized carbons (Fsp3) is 0.269. The van der Waals surface area contributed by atoms with E-state index in [-0.39, 0.29) is 5.41 Å². The van der Waals surface area contributed by atoms with Crippen LogP contribution in [0.25, 0.3) is 23.3 Å². The van der Waals surface area contributed by atoms with Crippen LogP contribution in [-0.2, 0) is 15.4 Å².